The molecule has 1 aromatic heterocycles. The zero-order valence-electron chi connectivity index (χ0n) is 12.8. The molecule has 5 nitrogen and oxygen atoms in total. The Morgan fingerprint density at radius 2 is 2.15 bits per heavy atom. The predicted molar refractivity (Wildman–Crippen MR) is 81.1 cm³/mol. The monoisotopic (exact) mass is 302 g/mol. The lowest BCUT2D eigenvalue weighted by Crippen LogP contribution is -2.42. The number of nitrogens with zero attached hydrogens (tertiary/aromatic N) is 1. The number of ether oxygens (including phenoxy) is 2. The summed E-state index contributed by atoms with van der Waals surface area (Å²) >= 11 is 1.61. The summed E-state index contributed by atoms with van der Waals surface area (Å²) < 4.78 is 10.7. The predicted octanol–water partition coefficient (Wildman–Crippen LogP) is 1.77. The fourth-order valence-electron chi connectivity index (χ4n) is 1.60. The van der Waals surface area contributed by atoms with Crippen molar-refractivity contribution in [2.75, 3.05) is 26.4 Å². The standard InChI is InChI=1S/C14H26N2O3S/c1-11(2)19-7-6-18-10-12(17)9-16-14(3,4)13-15-5-8-20-13/h5,8,11-12,16-17H,6-7,9-10H2,1-4H3. The Morgan fingerprint density at radius 3 is 2.75 bits per heavy atom. The van der Waals surface area contributed by atoms with Crippen molar-refractivity contribution in [1.82, 2.24) is 10.3 Å². The summed E-state index contributed by atoms with van der Waals surface area (Å²) in [5.41, 5.74) is -0.240. The molecule has 20 heavy (non-hydrogen) atoms. The summed E-state index contributed by atoms with van der Waals surface area (Å²) in [5, 5.41) is 16.1. The van der Waals surface area contributed by atoms with Crippen molar-refractivity contribution in [3.8, 4) is 0 Å². The van der Waals surface area contributed by atoms with E-state index in [1.165, 1.54) is 0 Å². The van der Waals surface area contributed by atoms with E-state index in [0.29, 0.717) is 26.4 Å². The average molecular weight is 302 g/mol. The highest BCUT2D eigenvalue weighted by Crippen LogP contribution is 2.21. The van der Waals surface area contributed by atoms with Gasteiger partial charge >= 0.3 is 0 Å². The molecule has 0 spiro atoms. The van der Waals surface area contributed by atoms with E-state index in [1.807, 2.05) is 19.2 Å². The first kappa shape index (κ1) is 17.5. The van der Waals surface area contributed by atoms with Crippen molar-refractivity contribution in [3.05, 3.63) is 16.6 Å². The molecule has 1 aromatic rings. The fraction of sp³-hybridized carbons (Fsp3) is 0.786. The van der Waals surface area contributed by atoms with E-state index < -0.39 is 6.10 Å². The van der Waals surface area contributed by atoms with Crippen molar-refractivity contribution in [2.24, 2.45) is 0 Å². The molecule has 1 rings (SSSR count). The van der Waals surface area contributed by atoms with E-state index in [2.05, 4.69) is 24.1 Å². The second-order valence-corrected chi connectivity index (χ2v) is 6.39. The normalized spacial score (nSPS) is 13.9. The van der Waals surface area contributed by atoms with Crippen molar-refractivity contribution in [3.63, 3.8) is 0 Å². The van der Waals surface area contributed by atoms with Gasteiger partial charge in [0.25, 0.3) is 0 Å². The number of hydrogen-bond donors (Lipinski definition) is 2. The Hall–Kier alpha value is -0.530. The van der Waals surface area contributed by atoms with Crippen LogP contribution in [0.3, 0.4) is 0 Å². The van der Waals surface area contributed by atoms with Crippen molar-refractivity contribution < 1.29 is 14.6 Å². The van der Waals surface area contributed by atoms with Crippen LogP contribution in [0.15, 0.2) is 11.6 Å². The minimum absolute atomic E-state index is 0.212. The van der Waals surface area contributed by atoms with Crippen LogP contribution in [0.25, 0.3) is 0 Å². The quantitative estimate of drug-likeness (QED) is 0.645. The molecule has 2 N–H and O–H groups in total. The van der Waals surface area contributed by atoms with Gasteiger partial charge < -0.3 is 19.9 Å². The molecule has 0 amide bonds. The Bertz CT molecular complexity index is 355. The average Bonchev–Trinajstić information content (AvgIpc) is 2.90. The van der Waals surface area contributed by atoms with E-state index in [4.69, 9.17) is 9.47 Å². The molecule has 0 radical (unpaired) electrons. The third-order valence-electron chi connectivity index (χ3n) is 2.74. The van der Waals surface area contributed by atoms with E-state index in [0.717, 1.165) is 5.01 Å². The molecule has 0 aliphatic rings. The van der Waals surface area contributed by atoms with Gasteiger partial charge in [-0.15, -0.1) is 11.3 Å². The molecule has 1 atom stereocenters. The molecule has 0 aromatic carbocycles. The van der Waals surface area contributed by atoms with Crippen LogP contribution in [0, 0.1) is 0 Å². The second kappa shape index (κ2) is 8.69. The largest absolute Gasteiger partial charge is 0.389 e. The van der Waals surface area contributed by atoms with Crippen LogP contribution in [0.4, 0.5) is 0 Å². The summed E-state index contributed by atoms with van der Waals surface area (Å²) in [7, 11) is 0. The van der Waals surface area contributed by atoms with Crippen LogP contribution < -0.4 is 5.32 Å². The van der Waals surface area contributed by atoms with Gasteiger partial charge in [0, 0.05) is 18.1 Å². The maximum Gasteiger partial charge on any atom is 0.112 e. The van der Waals surface area contributed by atoms with Gasteiger partial charge in [-0.05, 0) is 27.7 Å². The van der Waals surface area contributed by atoms with Gasteiger partial charge in [0.2, 0.25) is 0 Å². The number of rotatable bonds is 10. The van der Waals surface area contributed by atoms with E-state index in [-0.39, 0.29) is 11.6 Å². The van der Waals surface area contributed by atoms with Crippen LogP contribution >= 0.6 is 11.3 Å². The van der Waals surface area contributed by atoms with Crippen LogP contribution in [0.2, 0.25) is 0 Å². The molecule has 0 saturated heterocycles. The van der Waals surface area contributed by atoms with Crippen LogP contribution in [0.1, 0.15) is 32.7 Å². The summed E-state index contributed by atoms with van der Waals surface area (Å²) in [6.45, 7) is 9.91. The first-order chi connectivity index (χ1) is 9.42. The lowest BCUT2D eigenvalue weighted by molar-refractivity contribution is -0.0113. The molecule has 0 aliphatic carbocycles. The third-order valence-corrected chi connectivity index (χ3v) is 3.83. The highest BCUT2D eigenvalue weighted by atomic mass is 32.1. The molecule has 116 valence electrons. The number of aliphatic hydroxyl groups excluding tert-OH is 1. The maximum atomic E-state index is 9.87. The minimum Gasteiger partial charge on any atom is -0.389 e. The number of thiazole rings is 1. The number of aliphatic hydroxyl groups is 1. The molecule has 0 fully saturated rings. The van der Waals surface area contributed by atoms with Crippen LogP contribution in [-0.4, -0.2) is 48.7 Å². The molecule has 0 bridgehead atoms. The fourth-order valence-corrected chi connectivity index (χ4v) is 2.34. The molecule has 0 aliphatic heterocycles. The zero-order chi connectivity index (χ0) is 15.0. The minimum atomic E-state index is -0.534. The number of aromatic nitrogens is 1. The highest BCUT2D eigenvalue weighted by Gasteiger charge is 2.23. The summed E-state index contributed by atoms with van der Waals surface area (Å²) in [5.74, 6) is 0. The van der Waals surface area contributed by atoms with Crippen molar-refractivity contribution in [1.29, 1.82) is 0 Å². The summed E-state index contributed by atoms with van der Waals surface area (Å²) in [6, 6.07) is 0. The Kier molecular flexibility index (Phi) is 7.61. The van der Waals surface area contributed by atoms with Gasteiger partial charge in [0.05, 0.1) is 37.6 Å². The number of nitrogens with one attached hydrogen (secondary N) is 1. The summed E-state index contributed by atoms with van der Waals surface area (Å²) in [4.78, 5) is 4.30. The Labute approximate surface area is 125 Å². The van der Waals surface area contributed by atoms with Crippen molar-refractivity contribution in [2.45, 2.75) is 45.4 Å². The van der Waals surface area contributed by atoms with Crippen LogP contribution in [-0.2, 0) is 15.0 Å². The second-order valence-electron chi connectivity index (χ2n) is 5.49. The van der Waals surface area contributed by atoms with Gasteiger partial charge in [0.15, 0.2) is 0 Å². The van der Waals surface area contributed by atoms with Crippen LogP contribution in [0.5, 0.6) is 0 Å². The van der Waals surface area contributed by atoms with Gasteiger partial charge in [-0.3, -0.25) is 0 Å². The molecular formula is C14H26N2O3S. The number of hydrogen-bond acceptors (Lipinski definition) is 6. The van der Waals surface area contributed by atoms with E-state index in [1.54, 1.807) is 17.5 Å². The lowest BCUT2D eigenvalue weighted by atomic mass is 10.1. The molecule has 1 heterocycles. The third kappa shape index (κ3) is 6.76. The molecule has 0 saturated carbocycles. The summed E-state index contributed by atoms with van der Waals surface area (Å²) in [6.07, 6.45) is 1.47. The molecule has 1 unspecified atom stereocenters. The topological polar surface area (TPSA) is 63.6 Å². The van der Waals surface area contributed by atoms with E-state index >= 15 is 0 Å². The first-order valence-corrected chi connectivity index (χ1v) is 7.82. The Morgan fingerprint density at radius 1 is 1.40 bits per heavy atom. The lowest BCUT2D eigenvalue weighted by Gasteiger charge is -2.25. The molecular weight excluding hydrogens is 276 g/mol. The van der Waals surface area contributed by atoms with Gasteiger partial charge in [-0.1, -0.05) is 0 Å². The SMILES string of the molecule is CC(C)OCCOCC(O)CNC(C)(C)c1nccs1. The van der Waals surface area contributed by atoms with Gasteiger partial charge in [-0.25, -0.2) is 4.98 Å². The van der Waals surface area contributed by atoms with Gasteiger partial charge in [-0.2, -0.15) is 0 Å². The van der Waals surface area contributed by atoms with Gasteiger partial charge in [0.1, 0.15) is 5.01 Å². The van der Waals surface area contributed by atoms with Crippen molar-refractivity contribution >= 4 is 11.3 Å². The smallest absolute Gasteiger partial charge is 0.112 e. The molecule has 6 heteroatoms. The highest BCUT2D eigenvalue weighted by molar-refractivity contribution is 7.09. The maximum absolute atomic E-state index is 9.87. The van der Waals surface area contributed by atoms with E-state index in [9.17, 15) is 5.11 Å². The first-order valence-electron chi connectivity index (χ1n) is 6.94. The zero-order valence-corrected chi connectivity index (χ0v) is 13.6. The Balaban J connectivity index is 2.15.